The molecular weight excluding hydrogens is 419 g/mol. The Kier molecular flexibility index (Phi) is 5.61. The molecule has 0 saturated carbocycles. The van der Waals surface area contributed by atoms with Crippen LogP contribution >= 0.6 is 11.6 Å². The average Bonchev–Trinajstić information content (AvgIpc) is 3.16. The molecule has 0 spiro atoms. The SMILES string of the molecule is Cc1ccc(C)c(-c2cc3c(=O)n(CCNC(=O)c4ccc(F)cc4Cl)ccn3n2)c1. The molecule has 0 fully saturated rings. The molecule has 0 bridgehead atoms. The molecule has 0 aliphatic heterocycles. The van der Waals surface area contributed by atoms with Crippen LogP contribution in [0, 0.1) is 19.7 Å². The Morgan fingerprint density at radius 1 is 1.13 bits per heavy atom. The lowest BCUT2D eigenvalue weighted by atomic mass is 10.0. The maximum absolute atomic E-state index is 13.1. The molecule has 31 heavy (non-hydrogen) atoms. The van der Waals surface area contributed by atoms with E-state index in [4.69, 9.17) is 11.6 Å². The molecule has 0 radical (unpaired) electrons. The lowest BCUT2D eigenvalue weighted by Crippen LogP contribution is -2.31. The summed E-state index contributed by atoms with van der Waals surface area (Å²) >= 11 is 5.92. The number of hydrogen-bond acceptors (Lipinski definition) is 3. The molecular formula is C23H20ClFN4O2. The number of amides is 1. The number of aromatic nitrogens is 3. The van der Waals surface area contributed by atoms with Crippen molar-refractivity contribution in [2.24, 2.45) is 0 Å². The van der Waals surface area contributed by atoms with Crippen molar-refractivity contribution >= 4 is 23.0 Å². The van der Waals surface area contributed by atoms with Crippen molar-refractivity contribution in [1.82, 2.24) is 19.5 Å². The van der Waals surface area contributed by atoms with Crippen molar-refractivity contribution in [3.63, 3.8) is 0 Å². The average molecular weight is 439 g/mol. The van der Waals surface area contributed by atoms with Gasteiger partial charge < -0.3 is 9.88 Å². The van der Waals surface area contributed by atoms with E-state index in [2.05, 4.69) is 10.4 Å². The Balaban J connectivity index is 1.52. The Hall–Kier alpha value is -3.45. The zero-order valence-corrected chi connectivity index (χ0v) is 17.8. The van der Waals surface area contributed by atoms with Gasteiger partial charge in [0.15, 0.2) is 0 Å². The van der Waals surface area contributed by atoms with Gasteiger partial charge in [-0.3, -0.25) is 9.59 Å². The van der Waals surface area contributed by atoms with Crippen LogP contribution < -0.4 is 10.9 Å². The molecule has 4 rings (SSSR count). The molecule has 2 aromatic heterocycles. The van der Waals surface area contributed by atoms with E-state index in [1.807, 2.05) is 32.0 Å². The summed E-state index contributed by atoms with van der Waals surface area (Å²) in [5.41, 5.74) is 4.34. The van der Waals surface area contributed by atoms with E-state index in [1.165, 1.54) is 16.7 Å². The maximum Gasteiger partial charge on any atom is 0.276 e. The van der Waals surface area contributed by atoms with Crippen LogP contribution in [-0.4, -0.2) is 26.6 Å². The fourth-order valence-corrected chi connectivity index (χ4v) is 3.66. The number of carbonyl (C=O) groups excluding carboxylic acids is 1. The standard InChI is InChI=1S/C23H20ClFN4O2/c1-14-3-4-15(2)18(11-14)20-13-21-23(31)28(9-10-29(21)27-20)8-7-26-22(30)17-6-5-16(25)12-19(17)24/h3-6,9-13H,7-8H2,1-2H3,(H,26,30). The summed E-state index contributed by atoms with van der Waals surface area (Å²) in [6.07, 6.45) is 3.34. The predicted molar refractivity (Wildman–Crippen MR) is 118 cm³/mol. The van der Waals surface area contributed by atoms with Crippen molar-refractivity contribution < 1.29 is 9.18 Å². The van der Waals surface area contributed by atoms with Gasteiger partial charge in [-0.25, -0.2) is 8.91 Å². The van der Waals surface area contributed by atoms with Gasteiger partial charge in [-0.2, -0.15) is 5.10 Å². The van der Waals surface area contributed by atoms with Gasteiger partial charge in [0.2, 0.25) is 0 Å². The van der Waals surface area contributed by atoms with E-state index in [9.17, 15) is 14.0 Å². The summed E-state index contributed by atoms with van der Waals surface area (Å²) in [6.45, 7) is 4.50. The fraction of sp³-hybridized carbons (Fsp3) is 0.174. The van der Waals surface area contributed by atoms with Gasteiger partial charge in [-0.1, -0.05) is 29.3 Å². The third kappa shape index (κ3) is 4.22. The first-order chi connectivity index (χ1) is 14.8. The van der Waals surface area contributed by atoms with Gasteiger partial charge in [0.25, 0.3) is 11.5 Å². The topological polar surface area (TPSA) is 68.4 Å². The van der Waals surface area contributed by atoms with Gasteiger partial charge in [0, 0.05) is 31.0 Å². The van der Waals surface area contributed by atoms with Crippen molar-refractivity contribution in [2.45, 2.75) is 20.4 Å². The van der Waals surface area contributed by atoms with E-state index < -0.39 is 11.7 Å². The number of nitrogens with zero attached hydrogens (tertiary/aromatic N) is 3. The summed E-state index contributed by atoms with van der Waals surface area (Å²) in [5.74, 6) is -0.942. The smallest absolute Gasteiger partial charge is 0.276 e. The van der Waals surface area contributed by atoms with E-state index in [-0.39, 0.29) is 29.2 Å². The summed E-state index contributed by atoms with van der Waals surface area (Å²) < 4.78 is 16.2. The van der Waals surface area contributed by atoms with E-state index in [0.29, 0.717) is 5.52 Å². The van der Waals surface area contributed by atoms with Crippen LogP contribution in [0.1, 0.15) is 21.5 Å². The summed E-state index contributed by atoms with van der Waals surface area (Å²) in [6, 6.07) is 11.5. The molecule has 4 aromatic rings. The highest BCUT2D eigenvalue weighted by molar-refractivity contribution is 6.33. The Bertz CT molecular complexity index is 1360. The largest absolute Gasteiger partial charge is 0.350 e. The maximum atomic E-state index is 13.1. The van der Waals surface area contributed by atoms with Crippen molar-refractivity contribution in [2.75, 3.05) is 6.54 Å². The Morgan fingerprint density at radius 3 is 2.71 bits per heavy atom. The molecule has 0 aliphatic carbocycles. The lowest BCUT2D eigenvalue weighted by Gasteiger charge is -2.09. The third-order valence-electron chi connectivity index (χ3n) is 5.09. The van der Waals surface area contributed by atoms with E-state index >= 15 is 0 Å². The predicted octanol–water partition coefficient (Wildman–Crippen LogP) is 4.00. The van der Waals surface area contributed by atoms with Crippen LogP contribution in [0.15, 0.2) is 59.7 Å². The molecule has 0 saturated heterocycles. The number of halogens is 2. The van der Waals surface area contributed by atoms with Crippen LogP contribution in [0.2, 0.25) is 5.02 Å². The number of hydrogen-bond donors (Lipinski definition) is 1. The molecule has 2 aromatic carbocycles. The molecule has 158 valence electrons. The van der Waals surface area contributed by atoms with Gasteiger partial charge in [0.1, 0.15) is 11.3 Å². The third-order valence-corrected chi connectivity index (χ3v) is 5.40. The quantitative estimate of drug-likeness (QED) is 0.512. The van der Waals surface area contributed by atoms with Crippen LogP contribution in [0.5, 0.6) is 0 Å². The van der Waals surface area contributed by atoms with Gasteiger partial charge >= 0.3 is 0 Å². The summed E-state index contributed by atoms with van der Waals surface area (Å²) in [7, 11) is 0. The van der Waals surface area contributed by atoms with Crippen LogP contribution in [0.3, 0.4) is 0 Å². The molecule has 0 aliphatic rings. The van der Waals surface area contributed by atoms with Gasteiger partial charge in [-0.05, 0) is 49.7 Å². The fourth-order valence-electron chi connectivity index (χ4n) is 3.40. The first-order valence-electron chi connectivity index (χ1n) is 9.73. The second-order valence-electron chi connectivity index (χ2n) is 7.35. The molecule has 1 amide bonds. The normalized spacial score (nSPS) is 11.1. The molecule has 0 unspecified atom stereocenters. The number of aryl methyl sites for hydroxylation is 2. The monoisotopic (exact) mass is 438 g/mol. The number of rotatable bonds is 5. The molecule has 6 nitrogen and oxygen atoms in total. The number of benzene rings is 2. The van der Waals surface area contributed by atoms with Gasteiger partial charge in [0.05, 0.1) is 16.3 Å². The lowest BCUT2D eigenvalue weighted by molar-refractivity contribution is 0.0952. The number of nitrogens with one attached hydrogen (secondary N) is 1. The number of fused-ring (bicyclic) bond motifs is 1. The minimum atomic E-state index is -0.512. The van der Waals surface area contributed by atoms with Crippen LogP contribution in [0.4, 0.5) is 4.39 Å². The van der Waals surface area contributed by atoms with E-state index in [0.717, 1.165) is 28.5 Å². The van der Waals surface area contributed by atoms with E-state index in [1.54, 1.807) is 23.0 Å². The zero-order chi connectivity index (χ0) is 22.1. The first kappa shape index (κ1) is 20.8. The number of carbonyl (C=O) groups is 1. The summed E-state index contributed by atoms with van der Waals surface area (Å²) in [4.78, 5) is 25.2. The minimum Gasteiger partial charge on any atom is -0.350 e. The van der Waals surface area contributed by atoms with Crippen molar-refractivity contribution in [3.05, 3.63) is 92.7 Å². The molecule has 1 N–H and O–H groups in total. The Morgan fingerprint density at radius 2 is 1.94 bits per heavy atom. The van der Waals surface area contributed by atoms with Gasteiger partial charge in [-0.15, -0.1) is 0 Å². The summed E-state index contributed by atoms with van der Waals surface area (Å²) in [5, 5.41) is 7.28. The highest BCUT2D eigenvalue weighted by atomic mass is 35.5. The van der Waals surface area contributed by atoms with Crippen LogP contribution in [-0.2, 0) is 6.54 Å². The minimum absolute atomic E-state index is 0.0364. The van der Waals surface area contributed by atoms with Crippen LogP contribution in [0.25, 0.3) is 16.8 Å². The highest BCUT2D eigenvalue weighted by Gasteiger charge is 2.13. The van der Waals surface area contributed by atoms with Crippen molar-refractivity contribution in [3.8, 4) is 11.3 Å². The second-order valence-corrected chi connectivity index (χ2v) is 7.76. The molecule has 2 heterocycles. The van der Waals surface area contributed by atoms with Crippen molar-refractivity contribution in [1.29, 1.82) is 0 Å². The molecule has 0 atom stereocenters. The molecule has 8 heteroatoms. The zero-order valence-electron chi connectivity index (χ0n) is 17.0. The first-order valence-corrected chi connectivity index (χ1v) is 10.1. The Labute approximate surface area is 182 Å². The second kappa shape index (κ2) is 8.35. The highest BCUT2D eigenvalue weighted by Crippen LogP contribution is 2.23.